The monoisotopic (exact) mass is 681 g/mol. The molecule has 4 rings (SSSR count). The first-order chi connectivity index (χ1) is 19.9. The fourth-order valence-electron chi connectivity index (χ4n) is 9.76. The van der Waals surface area contributed by atoms with E-state index >= 15 is 0 Å². The van der Waals surface area contributed by atoms with Crippen molar-refractivity contribution in [2.45, 2.75) is 155 Å². The zero-order valence-electron chi connectivity index (χ0n) is 31.1. The van der Waals surface area contributed by atoms with Crippen molar-refractivity contribution in [1.82, 2.24) is 0 Å². The number of rotatable bonds is 11. The Hall–Kier alpha value is -0.0825. The van der Waals surface area contributed by atoms with Crippen molar-refractivity contribution in [3.05, 3.63) is 11.6 Å². The summed E-state index contributed by atoms with van der Waals surface area (Å²) in [5, 5.41) is 4.37. The number of hydrogen-bond acceptors (Lipinski definition) is 6. The highest BCUT2D eigenvalue weighted by Gasteiger charge is 2.70. The van der Waals surface area contributed by atoms with E-state index < -0.39 is 33.3 Å². The fraction of sp³-hybridized carbons (Fsp3) is 0.912. The van der Waals surface area contributed by atoms with Gasteiger partial charge in [-0.05, 0) is 153 Å². The average molecular weight is 682 g/mol. The van der Waals surface area contributed by atoms with Crippen LogP contribution in [0.3, 0.4) is 0 Å². The molecule has 254 valence electrons. The molecule has 44 heavy (non-hydrogen) atoms. The molecular weight excluding hydrogens is 615 g/mol. The van der Waals surface area contributed by atoms with Gasteiger partial charge >= 0.3 is 0 Å². The van der Waals surface area contributed by atoms with E-state index in [0.29, 0.717) is 24.4 Å². The molecule has 0 spiro atoms. The molecule has 6 nitrogen and oxygen atoms in total. The topological polar surface area (TPSA) is 58.5 Å². The number of hydrogen-bond donors (Lipinski definition) is 0. The molecule has 4 aliphatic rings. The van der Waals surface area contributed by atoms with Crippen LogP contribution in [0.4, 0.5) is 0 Å². The molecular formula is C34H67NO5Si4. The van der Waals surface area contributed by atoms with Gasteiger partial charge in [0.05, 0.1) is 24.0 Å². The summed E-state index contributed by atoms with van der Waals surface area (Å²) in [6, 6.07) is 0. The molecule has 0 aliphatic heterocycles. The molecule has 3 saturated carbocycles. The standard InChI is InChI=1S/C34H67NO5Si4/c1-32-20-18-26(35-36-3)22-25(32)16-17-27-28-19-21-34(40-44(13,14)15,30(39-43(10,11)12)24-37-41(4,5)6)33(28,2)23-29(31(27)32)38-42(7,8)9/h22,27-31H,16-21,23-24H2,1-15H3/b35-26-/t27-,28-,29-,30-,31+,32-,33-,34-/m0/s1. The van der Waals surface area contributed by atoms with Crippen molar-refractivity contribution in [3.63, 3.8) is 0 Å². The number of oxime groups is 1. The Morgan fingerprint density at radius 3 is 2.05 bits per heavy atom. The van der Waals surface area contributed by atoms with Gasteiger partial charge in [-0.3, -0.25) is 0 Å². The minimum Gasteiger partial charge on any atom is -0.415 e. The third kappa shape index (κ3) is 7.63. The summed E-state index contributed by atoms with van der Waals surface area (Å²) in [5.41, 5.74) is 2.36. The average Bonchev–Trinajstić information content (AvgIpc) is 3.10. The number of nitrogens with zero attached hydrogens (tertiary/aromatic N) is 1. The van der Waals surface area contributed by atoms with Crippen LogP contribution in [0.5, 0.6) is 0 Å². The molecule has 3 fully saturated rings. The normalized spacial score (nSPS) is 38.1. The summed E-state index contributed by atoms with van der Waals surface area (Å²) in [7, 11) is -5.85. The summed E-state index contributed by atoms with van der Waals surface area (Å²) in [4.78, 5) is 5.21. The summed E-state index contributed by atoms with van der Waals surface area (Å²) < 4.78 is 29.1. The quantitative estimate of drug-likeness (QED) is 0.161. The predicted octanol–water partition coefficient (Wildman–Crippen LogP) is 9.44. The van der Waals surface area contributed by atoms with Crippen molar-refractivity contribution in [1.29, 1.82) is 0 Å². The van der Waals surface area contributed by atoms with E-state index in [2.05, 4.69) is 104 Å². The molecule has 4 aliphatic carbocycles. The van der Waals surface area contributed by atoms with Gasteiger partial charge in [0.1, 0.15) is 7.11 Å². The van der Waals surface area contributed by atoms with Gasteiger partial charge in [0, 0.05) is 11.5 Å². The molecule has 10 heteroatoms. The molecule has 0 amide bonds. The molecule has 0 unspecified atom stereocenters. The van der Waals surface area contributed by atoms with Crippen LogP contribution in [-0.4, -0.2) is 70.5 Å². The Morgan fingerprint density at radius 2 is 1.50 bits per heavy atom. The predicted molar refractivity (Wildman–Crippen MR) is 194 cm³/mol. The van der Waals surface area contributed by atoms with Gasteiger partial charge in [-0.25, -0.2) is 0 Å². The first-order valence-electron chi connectivity index (χ1n) is 17.4. The zero-order valence-corrected chi connectivity index (χ0v) is 35.1. The first-order valence-corrected chi connectivity index (χ1v) is 31.1. The number of allylic oxidation sites excluding steroid dienone is 2. The molecule has 8 atom stereocenters. The van der Waals surface area contributed by atoms with Crippen LogP contribution in [0.1, 0.15) is 58.8 Å². The van der Waals surface area contributed by atoms with E-state index in [4.69, 9.17) is 22.5 Å². The van der Waals surface area contributed by atoms with Crippen LogP contribution in [0.2, 0.25) is 78.6 Å². The van der Waals surface area contributed by atoms with Gasteiger partial charge in [-0.2, -0.15) is 0 Å². The Kier molecular flexibility index (Phi) is 10.4. The van der Waals surface area contributed by atoms with Crippen LogP contribution < -0.4 is 0 Å². The summed E-state index contributed by atoms with van der Waals surface area (Å²) >= 11 is 0. The summed E-state index contributed by atoms with van der Waals surface area (Å²) in [6.45, 7) is 33.9. The molecule has 0 aromatic rings. The van der Waals surface area contributed by atoms with E-state index in [-0.39, 0.29) is 28.6 Å². The van der Waals surface area contributed by atoms with Crippen LogP contribution in [0.25, 0.3) is 0 Å². The molecule has 0 aromatic heterocycles. The van der Waals surface area contributed by atoms with Crippen molar-refractivity contribution in [3.8, 4) is 0 Å². The van der Waals surface area contributed by atoms with Gasteiger partial charge in [-0.1, -0.05) is 24.6 Å². The van der Waals surface area contributed by atoms with E-state index in [0.717, 1.165) is 37.8 Å². The van der Waals surface area contributed by atoms with E-state index in [9.17, 15) is 0 Å². The van der Waals surface area contributed by atoms with Crippen LogP contribution in [0.15, 0.2) is 16.8 Å². The van der Waals surface area contributed by atoms with Crippen LogP contribution in [0, 0.1) is 28.6 Å². The van der Waals surface area contributed by atoms with E-state index in [1.54, 1.807) is 12.7 Å². The molecule has 0 bridgehead atoms. The highest BCUT2D eigenvalue weighted by molar-refractivity contribution is 6.71. The number of fused-ring (bicyclic) bond motifs is 5. The lowest BCUT2D eigenvalue weighted by Crippen LogP contribution is -2.67. The highest BCUT2D eigenvalue weighted by atomic mass is 28.4. The maximum Gasteiger partial charge on any atom is 0.184 e. The Balaban J connectivity index is 1.86. The van der Waals surface area contributed by atoms with Crippen molar-refractivity contribution in [2.75, 3.05) is 13.7 Å². The maximum atomic E-state index is 7.65. The third-order valence-electron chi connectivity index (χ3n) is 11.0. The van der Waals surface area contributed by atoms with Crippen molar-refractivity contribution >= 4 is 39.0 Å². The van der Waals surface area contributed by atoms with E-state index in [1.807, 2.05) is 0 Å². The van der Waals surface area contributed by atoms with Crippen LogP contribution in [-0.2, 0) is 22.5 Å². The third-order valence-corrected chi connectivity index (χ3v) is 15.0. The Labute approximate surface area is 275 Å². The second-order valence-corrected chi connectivity index (χ2v) is 36.7. The largest absolute Gasteiger partial charge is 0.415 e. The highest BCUT2D eigenvalue weighted by Crippen LogP contribution is 2.70. The van der Waals surface area contributed by atoms with Gasteiger partial charge in [-0.15, -0.1) is 0 Å². The lowest BCUT2D eigenvalue weighted by Gasteiger charge is -2.64. The van der Waals surface area contributed by atoms with Gasteiger partial charge in [0.2, 0.25) is 0 Å². The summed E-state index contributed by atoms with van der Waals surface area (Å²) in [6.07, 6.45) is 10.3. The lowest BCUT2D eigenvalue weighted by molar-refractivity contribution is -0.192. The molecule has 0 saturated heterocycles. The zero-order chi connectivity index (χ0) is 33.1. The SMILES string of the molecule is CO/N=C1\C=C2CC[C@@H]3[C@H]([C@@H](O[Si](C)(C)C)C[C@@]4(C)[C@H]3CC[C@]4(O[Si](C)(C)C)[C@H](CO[Si](C)(C)C)O[Si](C)(C)C)[C@@]2(C)CC1. The van der Waals surface area contributed by atoms with Crippen molar-refractivity contribution in [2.24, 2.45) is 33.7 Å². The Morgan fingerprint density at radius 1 is 0.841 bits per heavy atom. The minimum atomic E-state index is -1.98. The van der Waals surface area contributed by atoms with Gasteiger partial charge in [0.25, 0.3) is 0 Å². The van der Waals surface area contributed by atoms with E-state index in [1.165, 1.54) is 12.8 Å². The molecule has 0 radical (unpaired) electrons. The summed E-state index contributed by atoms with van der Waals surface area (Å²) in [5.74, 6) is 1.70. The fourth-order valence-corrected chi connectivity index (χ4v) is 14.2. The molecule has 0 heterocycles. The van der Waals surface area contributed by atoms with Crippen molar-refractivity contribution < 1.29 is 22.5 Å². The maximum absolute atomic E-state index is 7.65. The second-order valence-electron chi connectivity index (χ2n) is 18.9. The Bertz CT molecular complexity index is 1100. The minimum absolute atomic E-state index is 0.0548. The second kappa shape index (κ2) is 12.4. The van der Waals surface area contributed by atoms with Gasteiger partial charge < -0.3 is 22.5 Å². The lowest BCUT2D eigenvalue weighted by atomic mass is 9.45. The molecule has 0 N–H and O–H groups in total. The van der Waals surface area contributed by atoms with Crippen LogP contribution >= 0.6 is 0 Å². The first kappa shape index (κ1) is 36.7. The molecule has 0 aromatic carbocycles. The smallest absolute Gasteiger partial charge is 0.184 e. The van der Waals surface area contributed by atoms with Gasteiger partial charge in [0.15, 0.2) is 33.3 Å².